The Bertz CT molecular complexity index is 1340. The van der Waals surface area contributed by atoms with Gasteiger partial charge in [-0.2, -0.15) is 0 Å². The summed E-state index contributed by atoms with van der Waals surface area (Å²) in [5.74, 6) is -0.00163. The van der Waals surface area contributed by atoms with Gasteiger partial charge in [0, 0.05) is 12.8 Å². The summed E-state index contributed by atoms with van der Waals surface area (Å²) in [6.07, 6.45) is 98.9. The molecule has 0 heterocycles. The third kappa shape index (κ3) is 73.6. The zero-order valence-electron chi connectivity index (χ0n) is 60.3. The zero-order chi connectivity index (χ0) is 63.5. The number of esters is 1. The number of ether oxygens (including phenoxy) is 1. The summed E-state index contributed by atoms with van der Waals surface area (Å²) in [7, 11) is 0. The summed E-state index contributed by atoms with van der Waals surface area (Å²) in [4.78, 5) is 24.6. The van der Waals surface area contributed by atoms with E-state index in [-0.39, 0.29) is 18.5 Å². The van der Waals surface area contributed by atoms with E-state index in [0.717, 1.165) is 38.5 Å². The maximum Gasteiger partial charge on any atom is 0.305 e. The van der Waals surface area contributed by atoms with E-state index < -0.39 is 12.1 Å². The Hall–Kier alpha value is -1.40. The van der Waals surface area contributed by atoms with Crippen LogP contribution in [0.15, 0.2) is 12.2 Å². The van der Waals surface area contributed by atoms with Crippen LogP contribution in [0.1, 0.15) is 476 Å². The van der Waals surface area contributed by atoms with Crippen molar-refractivity contribution in [3.8, 4) is 0 Å². The van der Waals surface area contributed by atoms with Gasteiger partial charge in [-0.15, -0.1) is 0 Å². The van der Waals surface area contributed by atoms with Crippen LogP contribution in [0.4, 0.5) is 0 Å². The highest BCUT2D eigenvalue weighted by molar-refractivity contribution is 5.76. The van der Waals surface area contributed by atoms with Gasteiger partial charge >= 0.3 is 5.97 Å². The second kappa shape index (κ2) is 78.0. The van der Waals surface area contributed by atoms with Gasteiger partial charge in [0.2, 0.25) is 5.91 Å². The first-order valence-corrected chi connectivity index (χ1v) is 40.9. The molecule has 0 spiro atoms. The van der Waals surface area contributed by atoms with Crippen molar-refractivity contribution in [2.75, 3.05) is 13.2 Å². The molecule has 0 fully saturated rings. The molecule has 88 heavy (non-hydrogen) atoms. The van der Waals surface area contributed by atoms with Crippen molar-refractivity contribution in [1.82, 2.24) is 5.32 Å². The molecule has 0 aromatic rings. The number of rotatable bonds is 78. The second-order valence-corrected chi connectivity index (χ2v) is 28.5. The number of hydrogen-bond acceptors (Lipinski definition) is 5. The lowest BCUT2D eigenvalue weighted by atomic mass is 10.0. The molecule has 1 amide bonds. The average molecular weight is 1240 g/mol. The van der Waals surface area contributed by atoms with Crippen molar-refractivity contribution in [1.29, 1.82) is 0 Å². The topological polar surface area (TPSA) is 95.9 Å². The molecule has 2 unspecified atom stereocenters. The Morgan fingerprint density at radius 3 is 0.807 bits per heavy atom. The fourth-order valence-electron chi connectivity index (χ4n) is 13.3. The molecule has 524 valence electrons. The van der Waals surface area contributed by atoms with Gasteiger partial charge in [0.1, 0.15) is 0 Å². The lowest BCUT2D eigenvalue weighted by Gasteiger charge is -2.22. The van der Waals surface area contributed by atoms with E-state index >= 15 is 0 Å². The van der Waals surface area contributed by atoms with Crippen molar-refractivity contribution in [3.05, 3.63) is 12.2 Å². The normalized spacial score (nSPS) is 12.5. The third-order valence-electron chi connectivity index (χ3n) is 19.6. The van der Waals surface area contributed by atoms with Crippen molar-refractivity contribution >= 4 is 11.9 Å². The first kappa shape index (κ1) is 86.6. The van der Waals surface area contributed by atoms with Gasteiger partial charge in [-0.3, -0.25) is 9.59 Å². The molecule has 0 radical (unpaired) electrons. The van der Waals surface area contributed by atoms with Crippen LogP contribution >= 0.6 is 0 Å². The SMILES string of the molecule is CCCCCCCCCCCCCCCCCCCCCCCCC(O)C(CO)NC(=O)CCCCCCCCCCCCCCCCCCC/C=C\CCCCCCCCCCCCCCCCCCOC(=O)CCCCCCCCCCCCCC. The molecule has 0 saturated carbocycles. The van der Waals surface area contributed by atoms with Crippen LogP contribution in [-0.2, 0) is 14.3 Å². The highest BCUT2D eigenvalue weighted by Gasteiger charge is 2.20. The minimum atomic E-state index is -0.662. The molecule has 6 heteroatoms. The van der Waals surface area contributed by atoms with E-state index in [1.807, 2.05) is 0 Å². The molecular weight excluding hydrogens is 1080 g/mol. The molecule has 0 aliphatic heterocycles. The number of amides is 1. The largest absolute Gasteiger partial charge is 0.466 e. The van der Waals surface area contributed by atoms with Crippen LogP contribution in [0.2, 0.25) is 0 Å². The number of allylic oxidation sites excluding steroid dienone is 2. The van der Waals surface area contributed by atoms with Gasteiger partial charge in [0.15, 0.2) is 0 Å². The minimum Gasteiger partial charge on any atom is -0.466 e. The molecule has 0 saturated heterocycles. The van der Waals surface area contributed by atoms with Crippen molar-refractivity contribution < 1.29 is 24.5 Å². The molecular formula is C82H161NO5. The van der Waals surface area contributed by atoms with E-state index in [9.17, 15) is 19.8 Å². The predicted octanol–water partition coefficient (Wildman–Crippen LogP) is 27.1. The number of aliphatic hydroxyl groups excluding tert-OH is 2. The van der Waals surface area contributed by atoms with Crippen LogP contribution in [-0.4, -0.2) is 47.4 Å². The van der Waals surface area contributed by atoms with E-state index in [1.165, 1.54) is 405 Å². The van der Waals surface area contributed by atoms with Gasteiger partial charge in [0.05, 0.1) is 25.4 Å². The van der Waals surface area contributed by atoms with Crippen LogP contribution in [0.5, 0.6) is 0 Å². The number of hydrogen-bond donors (Lipinski definition) is 3. The Labute approximate surface area is 552 Å². The monoisotopic (exact) mass is 1240 g/mol. The lowest BCUT2D eigenvalue weighted by Crippen LogP contribution is -2.45. The van der Waals surface area contributed by atoms with Crippen LogP contribution in [0.25, 0.3) is 0 Å². The standard InChI is InChI=1S/C82H161NO5/c1-3-5-7-9-11-13-15-17-18-19-20-21-39-42-45-48-51-54-58-62-66-70-74-80(85)79(78-84)83-81(86)75-71-67-63-59-55-52-49-46-43-40-37-35-33-31-29-27-25-23-22-24-26-28-30-32-34-36-38-41-44-47-50-53-57-61-65-69-73-77-88-82(87)76-72-68-64-60-56-16-14-12-10-8-6-4-2/h22,24,79-80,84-85H,3-21,23,25-78H2,1-2H3,(H,83,86)/b24-22-. The van der Waals surface area contributed by atoms with Crippen LogP contribution < -0.4 is 5.32 Å². The first-order chi connectivity index (χ1) is 43.5. The zero-order valence-corrected chi connectivity index (χ0v) is 60.3. The van der Waals surface area contributed by atoms with E-state index in [2.05, 4.69) is 31.3 Å². The summed E-state index contributed by atoms with van der Waals surface area (Å²) in [6.45, 7) is 5.01. The first-order valence-electron chi connectivity index (χ1n) is 40.9. The van der Waals surface area contributed by atoms with Gasteiger partial charge in [0.25, 0.3) is 0 Å². The fraction of sp³-hybridized carbons (Fsp3) is 0.951. The maximum atomic E-state index is 12.6. The number of unbranched alkanes of at least 4 members (excludes halogenated alkanes) is 65. The Morgan fingerprint density at radius 1 is 0.307 bits per heavy atom. The second-order valence-electron chi connectivity index (χ2n) is 28.5. The molecule has 6 nitrogen and oxygen atoms in total. The minimum absolute atomic E-state index is 0.0233. The van der Waals surface area contributed by atoms with E-state index in [4.69, 9.17) is 4.74 Å². The molecule has 0 aromatic carbocycles. The number of aliphatic hydroxyl groups is 2. The Morgan fingerprint density at radius 2 is 0.534 bits per heavy atom. The van der Waals surface area contributed by atoms with E-state index in [0.29, 0.717) is 25.9 Å². The average Bonchev–Trinajstić information content (AvgIpc) is 3.54. The summed E-state index contributed by atoms with van der Waals surface area (Å²) in [6, 6.07) is -0.539. The molecule has 0 aliphatic carbocycles. The number of carbonyl (C=O) groups is 2. The summed E-state index contributed by atoms with van der Waals surface area (Å²) < 4.78 is 5.49. The molecule has 0 aliphatic rings. The Kier molecular flexibility index (Phi) is 76.8. The van der Waals surface area contributed by atoms with Crippen LogP contribution in [0, 0.1) is 0 Å². The smallest absolute Gasteiger partial charge is 0.305 e. The van der Waals surface area contributed by atoms with Gasteiger partial charge < -0.3 is 20.3 Å². The van der Waals surface area contributed by atoms with Crippen molar-refractivity contribution in [2.24, 2.45) is 0 Å². The van der Waals surface area contributed by atoms with Gasteiger partial charge in [-0.05, 0) is 51.4 Å². The number of carbonyl (C=O) groups excluding carboxylic acids is 2. The van der Waals surface area contributed by atoms with Crippen LogP contribution in [0.3, 0.4) is 0 Å². The van der Waals surface area contributed by atoms with Gasteiger partial charge in [-0.25, -0.2) is 0 Å². The summed E-state index contributed by atoms with van der Waals surface area (Å²) >= 11 is 0. The van der Waals surface area contributed by atoms with Crippen molar-refractivity contribution in [2.45, 2.75) is 488 Å². The van der Waals surface area contributed by atoms with Crippen molar-refractivity contribution in [3.63, 3.8) is 0 Å². The van der Waals surface area contributed by atoms with Gasteiger partial charge in [-0.1, -0.05) is 424 Å². The summed E-state index contributed by atoms with van der Waals surface area (Å²) in [5, 5.41) is 23.5. The quantitative estimate of drug-likeness (QED) is 0.0320. The third-order valence-corrected chi connectivity index (χ3v) is 19.6. The molecule has 0 aromatic heterocycles. The predicted molar refractivity (Wildman–Crippen MR) is 389 cm³/mol. The molecule has 0 bridgehead atoms. The Balaban J connectivity index is 3.33. The fourth-order valence-corrected chi connectivity index (χ4v) is 13.3. The highest BCUT2D eigenvalue weighted by atomic mass is 16.5. The highest BCUT2D eigenvalue weighted by Crippen LogP contribution is 2.21. The maximum absolute atomic E-state index is 12.6. The number of nitrogens with one attached hydrogen (secondary N) is 1. The summed E-state index contributed by atoms with van der Waals surface area (Å²) in [5.41, 5.74) is 0. The molecule has 3 N–H and O–H groups in total. The molecule has 0 rings (SSSR count). The van der Waals surface area contributed by atoms with E-state index in [1.54, 1.807) is 0 Å². The lowest BCUT2D eigenvalue weighted by molar-refractivity contribution is -0.143. The molecule has 2 atom stereocenters.